The first-order valence-electron chi connectivity index (χ1n) is 3.93. The number of carbonyl (C=O) groups is 1. The summed E-state index contributed by atoms with van der Waals surface area (Å²) in [5.74, 6) is -0.361. The van der Waals surface area contributed by atoms with Gasteiger partial charge in [-0.3, -0.25) is 4.79 Å². The second-order valence-corrected chi connectivity index (χ2v) is 2.47. The van der Waals surface area contributed by atoms with Gasteiger partial charge in [0.25, 0.3) is 0 Å². The summed E-state index contributed by atoms with van der Waals surface area (Å²) in [5.41, 5.74) is 0.974. The molecule has 0 radical (unpaired) electrons. The third-order valence-electron chi connectivity index (χ3n) is 1.54. The predicted octanol–water partition coefficient (Wildman–Crippen LogP) is 0.538. The highest BCUT2D eigenvalue weighted by atomic mass is 16.5. The van der Waals surface area contributed by atoms with Crippen LogP contribution in [0.5, 0.6) is 0 Å². The van der Waals surface area contributed by atoms with E-state index in [1.807, 2.05) is 6.07 Å². The van der Waals surface area contributed by atoms with Crippen LogP contribution in [0.1, 0.15) is 5.69 Å². The van der Waals surface area contributed by atoms with Gasteiger partial charge in [0.1, 0.15) is 18.3 Å². The highest BCUT2D eigenvalue weighted by molar-refractivity contribution is 5.74. The van der Waals surface area contributed by atoms with Gasteiger partial charge in [-0.05, 0) is 12.1 Å². The molecule has 0 aliphatic rings. The van der Waals surface area contributed by atoms with Crippen molar-refractivity contribution in [2.45, 2.75) is 0 Å². The van der Waals surface area contributed by atoms with Crippen LogP contribution in [-0.4, -0.2) is 24.6 Å². The van der Waals surface area contributed by atoms with E-state index >= 15 is 0 Å². The Labute approximate surface area is 81.3 Å². The predicted molar refractivity (Wildman–Crippen MR) is 49.5 cm³/mol. The first-order chi connectivity index (χ1) is 6.76. The van der Waals surface area contributed by atoms with Crippen molar-refractivity contribution in [2.75, 3.05) is 19.0 Å². The highest BCUT2D eigenvalue weighted by Gasteiger charge is 2.00. The van der Waals surface area contributed by atoms with Gasteiger partial charge in [0.2, 0.25) is 0 Å². The maximum absolute atomic E-state index is 10.8. The topological polar surface area (TPSA) is 75.0 Å². The fourth-order valence-corrected chi connectivity index (χ4v) is 0.848. The summed E-state index contributed by atoms with van der Waals surface area (Å²) in [6.45, 7) is 0.0748. The van der Waals surface area contributed by atoms with Gasteiger partial charge in [0.15, 0.2) is 0 Å². The molecule has 0 atom stereocenters. The van der Waals surface area contributed by atoms with Crippen LogP contribution < -0.4 is 5.32 Å². The monoisotopic (exact) mass is 191 g/mol. The molecule has 0 saturated carbocycles. The molecule has 1 rings (SSSR count). The van der Waals surface area contributed by atoms with Crippen LogP contribution in [0, 0.1) is 11.3 Å². The van der Waals surface area contributed by atoms with E-state index in [1.54, 1.807) is 12.1 Å². The molecule has 14 heavy (non-hydrogen) atoms. The Morgan fingerprint density at radius 1 is 1.79 bits per heavy atom. The van der Waals surface area contributed by atoms with Crippen LogP contribution in [0.4, 0.5) is 5.69 Å². The zero-order chi connectivity index (χ0) is 10.4. The summed E-state index contributed by atoms with van der Waals surface area (Å²) in [5, 5.41) is 11.4. The molecule has 0 amide bonds. The Kier molecular flexibility index (Phi) is 3.44. The molecular formula is C9H9N3O2. The van der Waals surface area contributed by atoms with Crippen molar-refractivity contribution >= 4 is 11.7 Å². The second kappa shape index (κ2) is 4.82. The van der Waals surface area contributed by atoms with Crippen molar-refractivity contribution in [3.63, 3.8) is 0 Å². The lowest BCUT2D eigenvalue weighted by Gasteiger charge is -2.03. The van der Waals surface area contributed by atoms with Crippen LogP contribution in [-0.2, 0) is 9.53 Å². The normalized spacial score (nSPS) is 8.86. The molecule has 0 aromatic carbocycles. The Morgan fingerprint density at radius 2 is 2.57 bits per heavy atom. The average molecular weight is 191 g/mol. The number of methoxy groups -OCH3 is 1. The van der Waals surface area contributed by atoms with Crippen molar-refractivity contribution in [3.8, 4) is 6.07 Å². The lowest BCUT2D eigenvalue weighted by molar-refractivity contribution is -0.138. The number of rotatable bonds is 3. The molecule has 0 unspecified atom stereocenters. The molecule has 0 spiro atoms. The number of nitriles is 1. The molecule has 1 heterocycles. The lowest BCUT2D eigenvalue weighted by Crippen LogP contribution is -2.14. The molecule has 1 N–H and O–H groups in total. The van der Waals surface area contributed by atoms with E-state index in [1.165, 1.54) is 13.3 Å². The molecule has 0 aliphatic heterocycles. The van der Waals surface area contributed by atoms with Gasteiger partial charge >= 0.3 is 5.97 Å². The number of hydrogen-bond donors (Lipinski definition) is 1. The summed E-state index contributed by atoms with van der Waals surface area (Å²) >= 11 is 0. The molecular weight excluding hydrogens is 182 g/mol. The minimum absolute atomic E-state index is 0.0748. The number of nitrogens with one attached hydrogen (secondary N) is 1. The number of hydrogen-bond acceptors (Lipinski definition) is 5. The smallest absolute Gasteiger partial charge is 0.325 e. The van der Waals surface area contributed by atoms with Crippen LogP contribution in [0.25, 0.3) is 0 Å². The van der Waals surface area contributed by atoms with Crippen molar-refractivity contribution in [3.05, 3.63) is 24.0 Å². The summed E-state index contributed by atoms with van der Waals surface area (Å²) in [6, 6.07) is 5.13. The number of nitrogens with zero attached hydrogens (tertiary/aromatic N) is 2. The zero-order valence-electron chi connectivity index (χ0n) is 7.65. The Balaban J connectivity index is 2.60. The van der Waals surface area contributed by atoms with Crippen molar-refractivity contribution in [1.29, 1.82) is 5.26 Å². The van der Waals surface area contributed by atoms with E-state index in [0.717, 1.165) is 0 Å². The van der Waals surface area contributed by atoms with Gasteiger partial charge in [0.05, 0.1) is 7.11 Å². The van der Waals surface area contributed by atoms with Crippen molar-refractivity contribution in [1.82, 2.24) is 4.98 Å². The second-order valence-electron chi connectivity index (χ2n) is 2.47. The third-order valence-corrected chi connectivity index (χ3v) is 1.54. The number of anilines is 1. The van der Waals surface area contributed by atoms with Crippen LogP contribution in [0.3, 0.4) is 0 Å². The Bertz CT molecular complexity index is 371. The summed E-state index contributed by atoms with van der Waals surface area (Å²) in [6.07, 6.45) is 1.50. The molecule has 72 valence electrons. The molecule has 0 fully saturated rings. The van der Waals surface area contributed by atoms with Gasteiger partial charge in [0, 0.05) is 11.9 Å². The third kappa shape index (κ3) is 2.75. The van der Waals surface area contributed by atoms with Gasteiger partial charge in [-0.2, -0.15) is 5.26 Å². The van der Waals surface area contributed by atoms with Crippen molar-refractivity contribution < 1.29 is 9.53 Å². The van der Waals surface area contributed by atoms with Crippen LogP contribution >= 0.6 is 0 Å². The number of carbonyl (C=O) groups excluding carboxylic acids is 1. The van der Waals surface area contributed by atoms with E-state index in [9.17, 15) is 4.79 Å². The van der Waals surface area contributed by atoms with E-state index in [2.05, 4.69) is 15.0 Å². The molecule has 1 aromatic rings. The minimum Gasteiger partial charge on any atom is -0.468 e. The number of ether oxygens (including phenoxy) is 1. The maximum Gasteiger partial charge on any atom is 0.325 e. The summed E-state index contributed by atoms with van der Waals surface area (Å²) in [4.78, 5) is 14.6. The summed E-state index contributed by atoms with van der Waals surface area (Å²) in [7, 11) is 1.32. The zero-order valence-corrected chi connectivity index (χ0v) is 7.65. The van der Waals surface area contributed by atoms with Crippen LogP contribution in [0.15, 0.2) is 18.3 Å². The van der Waals surface area contributed by atoms with Gasteiger partial charge in [-0.1, -0.05) is 0 Å². The Morgan fingerprint density at radius 3 is 3.21 bits per heavy atom. The molecule has 1 aromatic heterocycles. The largest absolute Gasteiger partial charge is 0.468 e. The number of esters is 1. The van der Waals surface area contributed by atoms with E-state index < -0.39 is 0 Å². The van der Waals surface area contributed by atoms with Gasteiger partial charge in [-0.25, -0.2) is 4.98 Å². The quantitative estimate of drug-likeness (QED) is 0.705. The van der Waals surface area contributed by atoms with E-state index in [-0.39, 0.29) is 12.5 Å². The molecule has 5 nitrogen and oxygen atoms in total. The average Bonchev–Trinajstić information content (AvgIpc) is 2.26. The first-order valence-corrected chi connectivity index (χ1v) is 3.93. The van der Waals surface area contributed by atoms with Gasteiger partial charge in [-0.15, -0.1) is 0 Å². The van der Waals surface area contributed by atoms with E-state index in [4.69, 9.17) is 5.26 Å². The van der Waals surface area contributed by atoms with Crippen molar-refractivity contribution in [2.24, 2.45) is 0 Å². The fraction of sp³-hybridized carbons (Fsp3) is 0.222. The fourth-order valence-electron chi connectivity index (χ4n) is 0.848. The lowest BCUT2D eigenvalue weighted by atomic mass is 10.3. The van der Waals surface area contributed by atoms with Crippen LogP contribution in [0.2, 0.25) is 0 Å². The molecule has 5 heteroatoms. The summed E-state index contributed by atoms with van der Waals surface area (Å²) < 4.78 is 4.45. The number of pyridine rings is 1. The highest BCUT2D eigenvalue weighted by Crippen LogP contribution is 2.06. The van der Waals surface area contributed by atoms with Gasteiger partial charge < -0.3 is 10.1 Å². The Hall–Kier alpha value is -2.09. The molecule has 0 aliphatic carbocycles. The number of aromatic nitrogens is 1. The van der Waals surface area contributed by atoms with E-state index in [0.29, 0.717) is 11.4 Å². The molecule has 0 bridgehead atoms. The SMILES string of the molecule is COC(=O)CNc1ccnc(C#N)c1. The standard InChI is InChI=1S/C9H9N3O2/c1-14-9(13)6-12-7-2-3-11-8(4-7)5-10/h2-4H,6H2,1H3,(H,11,12). The maximum atomic E-state index is 10.8. The first kappa shape index (κ1) is 9.99. The molecule has 0 saturated heterocycles. The minimum atomic E-state index is -0.361.